The maximum atomic E-state index is 12.3. The summed E-state index contributed by atoms with van der Waals surface area (Å²) >= 11 is 0. The van der Waals surface area contributed by atoms with Crippen molar-refractivity contribution < 1.29 is 13.2 Å². The Labute approximate surface area is 120 Å². The predicted octanol–water partition coefficient (Wildman–Crippen LogP) is 3.32. The molecular formula is C14H26F3N3. The highest BCUT2D eigenvalue weighted by Gasteiger charge is 2.30. The van der Waals surface area contributed by atoms with Crippen molar-refractivity contribution in [2.24, 2.45) is 0 Å². The van der Waals surface area contributed by atoms with Crippen LogP contribution in [-0.2, 0) is 0 Å². The van der Waals surface area contributed by atoms with Crippen molar-refractivity contribution in [1.82, 2.24) is 10.2 Å². The minimum atomic E-state index is -4.14. The lowest BCUT2D eigenvalue weighted by molar-refractivity contribution is -0.145. The molecule has 0 saturated heterocycles. The van der Waals surface area contributed by atoms with Gasteiger partial charge in [0.25, 0.3) is 0 Å². The van der Waals surface area contributed by atoms with Crippen LogP contribution >= 0.6 is 0 Å². The van der Waals surface area contributed by atoms with Gasteiger partial charge in [-0.3, -0.25) is 10.2 Å². The van der Waals surface area contributed by atoms with Crippen LogP contribution in [0.4, 0.5) is 13.2 Å². The molecule has 0 spiro atoms. The van der Waals surface area contributed by atoms with Gasteiger partial charge in [0.15, 0.2) is 0 Å². The van der Waals surface area contributed by atoms with E-state index in [-0.39, 0.29) is 6.04 Å². The molecule has 0 saturated carbocycles. The SMILES string of the molecule is CCN(CCCCC(C)(C#N)NC(C)C)CC(F)(F)F. The van der Waals surface area contributed by atoms with Crippen LogP contribution in [0.2, 0.25) is 0 Å². The fourth-order valence-electron chi connectivity index (χ4n) is 2.21. The maximum Gasteiger partial charge on any atom is 0.401 e. The largest absolute Gasteiger partial charge is 0.401 e. The van der Waals surface area contributed by atoms with Crippen molar-refractivity contribution in [1.29, 1.82) is 5.26 Å². The van der Waals surface area contributed by atoms with Crippen molar-refractivity contribution in [2.75, 3.05) is 19.6 Å². The number of rotatable bonds is 9. The van der Waals surface area contributed by atoms with E-state index in [4.69, 9.17) is 0 Å². The molecule has 1 atom stereocenters. The number of hydrogen-bond donors (Lipinski definition) is 1. The highest BCUT2D eigenvalue weighted by atomic mass is 19.4. The molecule has 0 bridgehead atoms. The average molecular weight is 293 g/mol. The molecule has 0 aromatic heterocycles. The first kappa shape index (κ1) is 19.2. The summed E-state index contributed by atoms with van der Waals surface area (Å²) in [6.45, 7) is 7.45. The van der Waals surface area contributed by atoms with E-state index in [1.54, 1.807) is 6.92 Å². The van der Waals surface area contributed by atoms with Gasteiger partial charge in [-0.1, -0.05) is 6.92 Å². The van der Waals surface area contributed by atoms with Crippen molar-refractivity contribution in [2.45, 2.75) is 64.7 Å². The van der Waals surface area contributed by atoms with E-state index in [0.717, 1.165) is 6.42 Å². The first-order chi connectivity index (χ1) is 9.12. The van der Waals surface area contributed by atoms with Gasteiger partial charge in [0.2, 0.25) is 0 Å². The number of unbranched alkanes of at least 4 members (excludes halogenated alkanes) is 1. The first-order valence-corrected chi connectivity index (χ1v) is 7.10. The minimum Gasteiger partial charge on any atom is -0.297 e. The van der Waals surface area contributed by atoms with Crippen LogP contribution < -0.4 is 5.32 Å². The van der Waals surface area contributed by atoms with Gasteiger partial charge in [-0.05, 0) is 53.1 Å². The second kappa shape index (κ2) is 8.48. The molecule has 3 nitrogen and oxygen atoms in total. The number of alkyl halides is 3. The highest BCUT2D eigenvalue weighted by Crippen LogP contribution is 2.18. The van der Waals surface area contributed by atoms with Crippen molar-refractivity contribution in [3.8, 4) is 6.07 Å². The zero-order chi connectivity index (χ0) is 15.8. The molecule has 0 rings (SSSR count). The van der Waals surface area contributed by atoms with E-state index in [2.05, 4.69) is 11.4 Å². The number of nitrogens with zero attached hydrogens (tertiary/aromatic N) is 2. The van der Waals surface area contributed by atoms with Gasteiger partial charge in [0.05, 0.1) is 12.6 Å². The summed E-state index contributed by atoms with van der Waals surface area (Å²) in [6, 6.07) is 2.45. The van der Waals surface area contributed by atoms with E-state index in [0.29, 0.717) is 25.9 Å². The number of nitrogens with one attached hydrogen (secondary N) is 1. The zero-order valence-corrected chi connectivity index (χ0v) is 12.8. The summed E-state index contributed by atoms with van der Waals surface area (Å²) in [5.74, 6) is 0. The molecule has 0 aliphatic heterocycles. The van der Waals surface area contributed by atoms with E-state index < -0.39 is 18.3 Å². The number of hydrogen-bond acceptors (Lipinski definition) is 3. The van der Waals surface area contributed by atoms with E-state index in [1.807, 2.05) is 20.8 Å². The molecule has 0 heterocycles. The Hall–Kier alpha value is -0.800. The molecule has 0 aromatic rings. The molecule has 0 aliphatic rings. The molecule has 1 unspecified atom stereocenters. The number of nitriles is 1. The average Bonchev–Trinajstić information content (AvgIpc) is 2.30. The molecule has 0 radical (unpaired) electrons. The predicted molar refractivity (Wildman–Crippen MR) is 74.3 cm³/mol. The summed E-state index contributed by atoms with van der Waals surface area (Å²) < 4.78 is 36.9. The van der Waals surface area contributed by atoms with Crippen LogP contribution in [0.1, 0.15) is 47.0 Å². The molecule has 0 amide bonds. The van der Waals surface area contributed by atoms with Gasteiger partial charge in [-0.25, -0.2) is 0 Å². The molecule has 118 valence electrons. The first-order valence-electron chi connectivity index (χ1n) is 7.10. The molecule has 1 N–H and O–H groups in total. The normalized spacial score (nSPS) is 15.4. The maximum absolute atomic E-state index is 12.3. The highest BCUT2D eigenvalue weighted by molar-refractivity contribution is 5.04. The monoisotopic (exact) mass is 293 g/mol. The standard InChI is InChI=1S/C14H26F3N3/c1-5-20(11-14(15,16)17)9-7-6-8-13(4,10-18)19-12(2)3/h12,19H,5-9,11H2,1-4H3. The lowest BCUT2D eigenvalue weighted by atomic mass is 9.95. The smallest absolute Gasteiger partial charge is 0.297 e. The van der Waals surface area contributed by atoms with Crippen molar-refractivity contribution in [3.63, 3.8) is 0 Å². The molecular weight excluding hydrogens is 267 g/mol. The van der Waals surface area contributed by atoms with E-state index in [9.17, 15) is 18.4 Å². The van der Waals surface area contributed by atoms with Crippen LogP contribution in [0.15, 0.2) is 0 Å². The second-order valence-corrected chi connectivity index (χ2v) is 5.68. The minimum absolute atomic E-state index is 0.206. The third-order valence-corrected chi connectivity index (χ3v) is 3.11. The number of halogens is 3. The van der Waals surface area contributed by atoms with Crippen LogP contribution in [0.3, 0.4) is 0 Å². The van der Waals surface area contributed by atoms with Gasteiger partial charge in [-0.2, -0.15) is 18.4 Å². The van der Waals surface area contributed by atoms with E-state index >= 15 is 0 Å². The Bertz CT molecular complexity index is 310. The molecule has 0 aromatic carbocycles. The summed E-state index contributed by atoms with van der Waals surface area (Å²) in [5, 5.41) is 12.4. The summed E-state index contributed by atoms with van der Waals surface area (Å²) in [7, 11) is 0. The lowest BCUT2D eigenvalue weighted by Crippen LogP contribution is -2.45. The zero-order valence-electron chi connectivity index (χ0n) is 12.8. The van der Waals surface area contributed by atoms with Gasteiger partial charge in [0.1, 0.15) is 5.54 Å². The Balaban J connectivity index is 4.08. The Morgan fingerprint density at radius 2 is 1.85 bits per heavy atom. The Morgan fingerprint density at radius 1 is 1.25 bits per heavy atom. The lowest BCUT2D eigenvalue weighted by Gasteiger charge is -2.27. The van der Waals surface area contributed by atoms with Crippen LogP contribution in [0, 0.1) is 11.3 Å². The van der Waals surface area contributed by atoms with Crippen LogP contribution in [0.5, 0.6) is 0 Å². The Kier molecular flexibility index (Phi) is 8.14. The van der Waals surface area contributed by atoms with Crippen molar-refractivity contribution in [3.05, 3.63) is 0 Å². The summed E-state index contributed by atoms with van der Waals surface area (Å²) in [6.07, 6.45) is -2.10. The molecule has 20 heavy (non-hydrogen) atoms. The van der Waals surface area contributed by atoms with Gasteiger partial charge < -0.3 is 0 Å². The van der Waals surface area contributed by atoms with Crippen LogP contribution in [-0.4, -0.2) is 42.3 Å². The second-order valence-electron chi connectivity index (χ2n) is 5.68. The summed E-state index contributed by atoms with van der Waals surface area (Å²) in [4.78, 5) is 1.39. The van der Waals surface area contributed by atoms with E-state index in [1.165, 1.54) is 4.90 Å². The van der Waals surface area contributed by atoms with Crippen molar-refractivity contribution >= 4 is 0 Å². The summed E-state index contributed by atoms with van der Waals surface area (Å²) in [5.41, 5.74) is -0.602. The third-order valence-electron chi connectivity index (χ3n) is 3.11. The molecule has 0 fully saturated rings. The molecule has 0 aliphatic carbocycles. The Morgan fingerprint density at radius 3 is 2.25 bits per heavy atom. The van der Waals surface area contributed by atoms with Gasteiger partial charge in [0, 0.05) is 6.04 Å². The quantitative estimate of drug-likeness (QED) is 0.663. The van der Waals surface area contributed by atoms with Crippen LogP contribution in [0.25, 0.3) is 0 Å². The third kappa shape index (κ3) is 9.16. The van der Waals surface area contributed by atoms with Gasteiger partial charge >= 0.3 is 6.18 Å². The fraction of sp³-hybridized carbons (Fsp3) is 0.929. The molecule has 6 heteroatoms. The topological polar surface area (TPSA) is 39.1 Å². The fourth-order valence-corrected chi connectivity index (χ4v) is 2.21. The van der Waals surface area contributed by atoms with Gasteiger partial charge in [-0.15, -0.1) is 0 Å².